The second-order valence-corrected chi connectivity index (χ2v) is 4.90. The van der Waals surface area contributed by atoms with Gasteiger partial charge in [-0.15, -0.1) is 0 Å². The van der Waals surface area contributed by atoms with Crippen molar-refractivity contribution in [3.8, 4) is 11.4 Å². The lowest BCUT2D eigenvalue weighted by molar-refractivity contribution is 0.419. The summed E-state index contributed by atoms with van der Waals surface area (Å²) < 4.78 is 66.7. The highest BCUT2D eigenvalue weighted by Crippen LogP contribution is 2.32. The van der Waals surface area contributed by atoms with Crippen molar-refractivity contribution >= 4 is 34.4 Å². The standard InChI is InChI=1S/C18H14BNO3/c21-18-11-12(9-10-15(18)19(22)23)20-16-7-3-1-5-13(16)14-6-2-4-8-17(14)20/h1-11,21-23H/i1D,2D,3D,4D,5D,6D,7D,8D. The molecule has 0 spiro atoms. The van der Waals surface area contributed by atoms with Crippen LogP contribution in [0.2, 0.25) is 0 Å². The average Bonchev–Trinajstić information content (AvgIpc) is 3.09. The van der Waals surface area contributed by atoms with Crippen LogP contribution in [0.3, 0.4) is 0 Å². The molecular formula is C18H14BNO3. The van der Waals surface area contributed by atoms with Crippen molar-refractivity contribution in [2.75, 3.05) is 0 Å². The van der Waals surface area contributed by atoms with E-state index in [-0.39, 0.29) is 33.0 Å². The number of hydrogen-bond acceptors (Lipinski definition) is 3. The van der Waals surface area contributed by atoms with Crippen molar-refractivity contribution in [3.63, 3.8) is 0 Å². The van der Waals surface area contributed by atoms with Gasteiger partial charge in [0.1, 0.15) is 5.75 Å². The topological polar surface area (TPSA) is 65.6 Å². The van der Waals surface area contributed by atoms with Crippen LogP contribution in [0.4, 0.5) is 0 Å². The van der Waals surface area contributed by atoms with Gasteiger partial charge in [-0.1, -0.05) is 42.3 Å². The Balaban J connectivity index is 2.33. The van der Waals surface area contributed by atoms with Gasteiger partial charge in [-0.2, -0.15) is 0 Å². The van der Waals surface area contributed by atoms with Gasteiger partial charge in [0.2, 0.25) is 0 Å². The Bertz CT molecular complexity index is 1340. The first-order valence-corrected chi connectivity index (χ1v) is 6.69. The molecule has 0 aliphatic heterocycles. The minimum Gasteiger partial charge on any atom is -0.508 e. The van der Waals surface area contributed by atoms with E-state index >= 15 is 0 Å². The fraction of sp³-hybridized carbons (Fsp3) is 0. The smallest absolute Gasteiger partial charge is 0.492 e. The molecule has 0 atom stereocenters. The maximum atomic E-state index is 10.2. The molecule has 0 amide bonds. The third-order valence-electron chi connectivity index (χ3n) is 3.58. The molecule has 0 fully saturated rings. The predicted octanol–water partition coefficient (Wildman–Crippen LogP) is 2.17. The molecule has 0 saturated heterocycles. The fourth-order valence-electron chi connectivity index (χ4n) is 2.57. The van der Waals surface area contributed by atoms with Gasteiger partial charge in [0.05, 0.1) is 22.0 Å². The Morgan fingerprint density at radius 3 is 1.96 bits per heavy atom. The fourth-order valence-corrected chi connectivity index (χ4v) is 2.57. The number of phenolic OH excluding ortho intramolecular Hbond substituents is 1. The second kappa shape index (κ2) is 5.16. The lowest BCUT2D eigenvalue weighted by Gasteiger charge is -2.10. The number of rotatable bonds is 2. The normalized spacial score (nSPS) is 16.1. The zero-order valence-corrected chi connectivity index (χ0v) is 11.6. The summed E-state index contributed by atoms with van der Waals surface area (Å²) in [5, 5.41) is 28.8. The summed E-state index contributed by atoms with van der Waals surface area (Å²) in [5.41, 5.74) is -0.278. The van der Waals surface area contributed by atoms with Gasteiger partial charge in [-0.3, -0.25) is 0 Å². The number of aromatic hydroxyl groups is 1. The number of hydrogen-bond donors (Lipinski definition) is 3. The molecule has 4 nitrogen and oxygen atoms in total. The Hall–Kier alpha value is -2.76. The van der Waals surface area contributed by atoms with Crippen LogP contribution in [0.1, 0.15) is 11.0 Å². The van der Waals surface area contributed by atoms with E-state index in [0.717, 1.165) is 6.07 Å². The van der Waals surface area contributed by atoms with E-state index in [0.29, 0.717) is 0 Å². The lowest BCUT2D eigenvalue weighted by atomic mass is 9.79. The summed E-state index contributed by atoms with van der Waals surface area (Å²) in [6, 6.07) is -0.392. The van der Waals surface area contributed by atoms with Gasteiger partial charge in [-0.25, -0.2) is 0 Å². The first kappa shape index (κ1) is 7.68. The van der Waals surface area contributed by atoms with Crippen molar-refractivity contribution in [2.24, 2.45) is 0 Å². The summed E-state index contributed by atoms with van der Waals surface area (Å²) in [6.45, 7) is 0. The molecule has 4 rings (SSSR count). The predicted molar refractivity (Wildman–Crippen MR) is 92.3 cm³/mol. The van der Waals surface area contributed by atoms with E-state index in [1.165, 1.54) is 16.7 Å². The zero-order valence-electron chi connectivity index (χ0n) is 19.6. The quantitative estimate of drug-likeness (QED) is 0.497. The van der Waals surface area contributed by atoms with Crippen LogP contribution in [0.5, 0.6) is 5.75 Å². The van der Waals surface area contributed by atoms with Crippen LogP contribution in [0.25, 0.3) is 27.5 Å². The van der Waals surface area contributed by atoms with E-state index in [1.54, 1.807) is 0 Å². The molecule has 0 unspecified atom stereocenters. The molecule has 3 aromatic carbocycles. The van der Waals surface area contributed by atoms with Crippen LogP contribution in [-0.4, -0.2) is 26.8 Å². The number of nitrogens with zero attached hydrogens (tertiary/aromatic N) is 1. The summed E-state index contributed by atoms with van der Waals surface area (Å²) in [7, 11) is -1.96. The molecule has 0 aliphatic carbocycles. The van der Waals surface area contributed by atoms with Crippen LogP contribution in [0.15, 0.2) is 66.5 Å². The molecule has 0 aliphatic rings. The molecule has 23 heavy (non-hydrogen) atoms. The van der Waals surface area contributed by atoms with Crippen molar-refractivity contribution in [2.45, 2.75) is 0 Å². The Morgan fingerprint density at radius 1 is 0.870 bits per heavy atom. The minimum atomic E-state index is -1.96. The third kappa shape index (κ3) is 2.10. The first-order valence-electron chi connectivity index (χ1n) is 10.7. The van der Waals surface area contributed by atoms with Crippen LogP contribution < -0.4 is 5.46 Å². The molecule has 0 bridgehead atoms. The van der Waals surface area contributed by atoms with Gasteiger partial charge in [0, 0.05) is 28.0 Å². The van der Waals surface area contributed by atoms with E-state index in [9.17, 15) is 15.2 Å². The molecular weight excluding hydrogens is 289 g/mol. The maximum Gasteiger partial charge on any atom is 0.492 e. The number of aromatic nitrogens is 1. The van der Waals surface area contributed by atoms with Gasteiger partial charge < -0.3 is 19.7 Å². The Labute approximate surface area is 144 Å². The Morgan fingerprint density at radius 2 is 1.43 bits per heavy atom. The maximum absolute atomic E-state index is 10.2. The summed E-state index contributed by atoms with van der Waals surface area (Å²) in [6.07, 6.45) is 0. The lowest BCUT2D eigenvalue weighted by Crippen LogP contribution is -2.30. The average molecular weight is 311 g/mol. The number of para-hydroxylation sites is 2. The van der Waals surface area contributed by atoms with Gasteiger partial charge in [-0.05, 0) is 18.2 Å². The molecule has 5 heteroatoms. The summed E-state index contributed by atoms with van der Waals surface area (Å²) >= 11 is 0. The minimum absolute atomic E-state index is 0.0845. The van der Waals surface area contributed by atoms with Gasteiger partial charge in [0.25, 0.3) is 0 Å². The number of fused-ring (bicyclic) bond motifs is 3. The van der Waals surface area contributed by atoms with Crippen molar-refractivity contribution < 1.29 is 26.1 Å². The monoisotopic (exact) mass is 311 g/mol. The summed E-state index contributed by atoms with van der Waals surface area (Å²) in [4.78, 5) is 0. The largest absolute Gasteiger partial charge is 0.508 e. The van der Waals surface area contributed by atoms with Gasteiger partial charge >= 0.3 is 7.12 Å². The molecule has 1 heterocycles. The highest BCUT2D eigenvalue weighted by molar-refractivity contribution is 6.59. The Kier molecular flexibility index (Phi) is 1.72. The van der Waals surface area contributed by atoms with Crippen molar-refractivity contribution in [1.82, 2.24) is 4.57 Å². The summed E-state index contributed by atoms with van der Waals surface area (Å²) in [5.74, 6) is -0.510. The van der Waals surface area contributed by atoms with Crippen LogP contribution in [0, 0.1) is 0 Å². The van der Waals surface area contributed by atoms with Crippen LogP contribution >= 0.6 is 0 Å². The third-order valence-corrected chi connectivity index (χ3v) is 3.58. The first-order chi connectivity index (χ1) is 14.5. The molecule has 0 saturated carbocycles. The molecule has 4 aromatic rings. The molecule has 112 valence electrons. The molecule has 1 aromatic heterocycles. The molecule has 3 N–H and O–H groups in total. The van der Waals surface area contributed by atoms with Crippen molar-refractivity contribution in [3.05, 3.63) is 66.5 Å². The number of benzene rings is 3. The van der Waals surface area contributed by atoms with E-state index in [4.69, 9.17) is 11.0 Å². The van der Waals surface area contributed by atoms with Gasteiger partial charge in [0.15, 0.2) is 0 Å². The highest BCUT2D eigenvalue weighted by Gasteiger charge is 2.18. The van der Waals surface area contributed by atoms with E-state index in [2.05, 4.69) is 0 Å². The second-order valence-electron chi connectivity index (χ2n) is 4.90. The SMILES string of the molecule is [2H]c1c([2H])c([2H])c2c(c1[2H])c1c([2H])c([2H])c([2H])c([2H])c1n2-c1ccc(B(O)O)c(O)c1. The highest BCUT2D eigenvalue weighted by atomic mass is 16.4. The zero-order chi connectivity index (χ0) is 22.9. The number of phenols is 1. The molecule has 0 radical (unpaired) electrons. The van der Waals surface area contributed by atoms with Crippen molar-refractivity contribution in [1.29, 1.82) is 0 Å². The van der Waals surface area contributed by atoms with E-state index in [1.807, 2.05) is 0 Å². The van der Waals surface area contributed by atoms with Crippen LogP contribution in [-0.2, 0) is 0 Å². The van der Waals surface area contributed by atoms with E-state index < -0.39 is 61.2 Å².